The molecular formula is C16H14O4. The van der Waals surface area contributed by atoms with Gasteiger partial charge in [-0.05, 0) is 29.8 Å². The average Bonchev–Trinajstić information content (AvgIpc) is 2.46. The predicted molar refractivity (Wildman–Crippen MR) is 76.6 cm³/mol. The third-order valence-electron chi connectivity index (χ3n) is 2.83. The number of phenols is 1. The number of ether oxygens (including phenoxy) is 1. The Balaban J connectivity index is 2.51. The number of phenolic OH excluding ortho intramolecular Hbond substituents is 1. The fraction of sp³-hybridized carbons (Fsp3) is 0.0625. The Labute approximate surface area is 116 Å². The minimum absolute atomic E-state index is 0.133. The molecule has 2 rings (SSSR count). The molecule has 0 amide bonds. The van der Waals surface area contributed by atoms with Crippen LogP contribution in [0.2, 0.25) is 0 Å². The van der Waals surface area contributed by atoms with Crippen LogP contribution in [0.1, 0.15) is 11.1 Å². The molecule has 0 aliphatic carbocycles. The quantitative estimate of drug-likeness (QED) is 0.662. The Kier molecular flexibility index (Phi) is 4.05. The van der Waals surface area contributed by atoms with Gasteiger partial charge in [0.15, 0.2) is 0 Å². The fourth-order valence-corrected chi connectivity index (χ4v) is 1.86. The molecule has 0 heterocycles. The van der Waals surface area contributed by atoms with Crippen molar-refractivity contribution in [3.63, 3.8) is 0 Å². The van der Waals surface area contributed by atoms with Crippen molar-refractivity contribution in [3.05, 3.63) is 59.7 Å². The van der Waals surface area contributed by atoms with Crippen LogP contribution in [-0.2, 0) is 4.79 Å². The Hall–Kier alpha value is -2.75. The second kappa shape index (κ2) is 5.93. The molecule has 0 saturated heterocycles. The van der Waals surface area contributed by atoms with E-state index in [1.807, 2.05) is 0 Å². The van der Waals surface area contributed by atoms with Gasteiger partial charge in [-0.3, -0.25) is 0 Å². The van der Waals surface area contributed by atoms with E-state index in [1.54, 1.807) is 42.5 Å². The number of carbonyl (C=O) groups is 1. The summed E-state index contributed by atoms with van der Waals surface area (Å²) in [6.45, 7) is 0. The van der Waals surface area contributed by atoms with Crippen molar-refractivity contribution in [1.29, 1.82) is 0 Å². The van der Waals surface area contributed by atoms with Crippen molar-refractivity contribution in [3.8, 4) is 11.5 Å². The summed E-state index contributed by atoms with van der Waals surface area (Å²) in [5.41, 5.74) is 1.33. The van der Waals surface area contributed by atoms with Gasteiger partial charge in [0, 0.05) is 5.56 Å². The molecule has 20 heavy (non-hydrogen) atoms. The van der Waals surface area contributed by atoms with Crippen molar-refractivity contribution >= 4 is 17.6 Å². The maximum absolute atomic E-state index is 11.5. The average molecular weight is 270 g/mol. The summed E-state index contributed by atoms with van der Waals surface area (Å²) >= 11 is 0. The molecule has 0 aliphatic rings. The summed E-state index contributed by atoms with van der Waals surface area (Å²) in [5.74, 6) is -0.404. The summed E-state index contributed by atoms with van der Waals surface area (Å²) in [6, 6.07) is 13.2. The molecule has 0 radical (unpaired) electrons. The monoisotopic (exact) mass is 270 g/mol. The SMILES string of the molecule is COc1ccccc1/C(=C/c1ccc(O)cc1)C(=O)O. The minimum Gasteiger partial charge on any atom is -0.508 e. The van der Waals surface area contributed by atoms with E-state index in [0.29, 0.717) is 16.9 Å². The molecule has 0 aliphatic heterocycles. The number of hydrogen-bond donors (Lipinski definition) is 2. The number of methoxy groups -OCH3 is 1. The Morgan fingerprint density at radius 2 is 1.75 bits per heavy atom. The zero-order chi connectivity index (χ0) is 14.5. The van der Waals surface area contributed by atoms with Crippen LogP contribution in [0.15, 0.2) is 48.5 Å². The molecule has 0 fully saturated rings. The van der Waals surface area contributed by atoms with Crippen molar-refractivity contribution in [1.82, 2.24) is 0 Å². The van der Waals surface area contributed by atoms with Gasteiger partial charge in [0.05, 0.1) is 12.7 Å². The lowest BCUT2D eigenvalue weighted by molar-refractivity contribution is -0.130. The zero-order valence-corrected chi connectivity index (χ0v) is 10.9. The first-order chi connectivity index (χ1) is 9.61. The molecule has 102 valence electrons. The number of hydrogen-bond acceptors (Lipinski definition) is 3. The van der Waals surface area contributed by atoms with Gasteiger partial charge in [0.25, 0.3) is 0 Å². The largest absolute Gasteiger partial charge is 0.508 e. The number of benzene rings is 2. The van der Waals surface area contributed by atoms with Crippen LogP contribution >= 0.6 is 0 Å². The summed E-state index contributed by atoms with van der Waals surface area (Å²) in [6.07, 6.45) is 1.54. The third-order valence-corrected chi connectivity index (χ3v) is 2.83. The van der Waals surface area contributed by atoms with Gasteiger partial charge >= 0.3 is 5.97 Å². The van der Waals surface area contributed by atoms with Crippen molar-refractivity contribution in [2.24, 2.45) is 0 Å². The Morgan fingerprint density at radius 3 is 2.35 bits per heavy atom. The van der Waals surface area contributed by atoms with Gasteiger partial charge in [-0.2, -0.15) is 0 Å². The first-order valence-corrected chi connectivity index (χ1v) is 5.99. The lowest BCUT2D eigenvalue weighted by Gasteiger charge is -2.09. The number of carboxylic acids is 1. The highest BCUT2D eigenvalue weighted by molar-refractivity contribution is 6.21. The molecule has 4 heteroatoms. The summed E-state index contributed by atoms with van der Waals surface area (Å²) in [7, 11) is 1.50. The first kappa shape index (κ1) is 13.7. The molecule has 4 nitrogen and oxygen atoms in total. The van der Waals surface area contributed by atoms with Crippen LogP contribution in [-0.4, -0.2) is 23.3 Å². The Morgan fingerprint density at radius 1 is 1.10 bits per heavy atom. The van der Waals surface area contributed by atoms with Crippen LogP contribution in [0, 0.1) is 0 Å². The van der Waals surface area contributed by atoms with Crippen LogP contribution in [0.5, 0.6) is 11.5 Å². The molecule has 0 atom stereocenters. The summed E-state index contributed by atoms with van der Waals surface area (Å²) < 4.78 is 5.19. The number of aliphatic carboxylic acids is 1. The van der Waals surface area contributed by atoms with E-state index >= 15 is 0 Å². The number of aromatic hydroxyl groups is 1. The molecule has 0 saturated carbocycles. The van der Waals surface area contributed by atoms with E-state index in [0.717, 1.165) is 0 Å². The molecule has 0 aromatic heterocycles. The molecule has 2 aromatic carbocycles. The van der Waals surface area contributed by atoms with Crippen LogP contribution < -0.4 is 4.74 Å². The van der Waals surface area contributed by atoms with E-state index in [1.165, 1.54) is 19.2 Å². The van der Waals surface area contributed by atoms with Crippen molar-refractivity contribution < 1.29 is 19.7 Å². The van der Waals surface area contributed by atoms with E-state index in [9.17, 15) is 15.0 Å². The third kappa shape index (κ3) is 2.98. The zero-order valence-electron chi connectivity index (χ0n) is 10.9. The maximum Gasteiger partial charge on any atom is 0.336 e. The highest BCUT2D eigenvalue weighted by Gasteiger charge is 2.14. The molecule has 0 unspecified atom stereocenters. The van der Waals surface area contributed by atoms with E-state index in [-0.39, 0.29) is 11.3 Å². The van der Waals surface area contributed by atoms with Crippen LogP contribution in [0.3, 0.4) is 0 Å². The van der Waals surface area contributed by atoms with E-state index < -0.39 is 5.97 Å². The summed E-state index contributed by atoms with van der Waals surface area (Å²) in [4.78, 5) is 11.5. The normalized spacial score (nSPS) is 11.2. The van der Waals surface area contributed by atoms with Crippen molar-refractivity contribution in [2.45, 2.75) is 0 Å². The molecule has 0 bridgehead atoms. The van der Waals surface area contributed by atoms with Gasteiger partial charge in [-0.1, -0.05) is 30.3 Å². The van der Waals surface area contributed by atoms with Gasteiger partial charge in [-0.15, -0.1) is 0 Å². The van der Waals surface area contributed by atoms with Crippen LogP contribution in [0.25, 0.3) is 11.6 Å². The van der Waals surface area contributed by atoms with Crippen LogP contribution in [0.4, 0.5) is 0 Å². The van der Waals surface area contributed by atoms with E-state index in [2.05, 4.69) is 0 Å². The maximum atomic E-state index is 11.5. The molecule has 2 aromatic rings. The second-order valence-electron chi connectivity index (χ2n) is 4.15. The van der Waals surface area contributed by atoms with Gasteiger partial charge in [0.2, 0.25) is 0 Å². The van der Waals surface area contributed by atoms with Gasteiger partial charge in [-0.25, -0.2) is 4.79 Å². The lowest BCUT2D eigenvalue weighted by atomic mass is 10.0. The number of para-hydroxylation sites is 1. The number of carboxylic acid groups (broad SMARTS) is 1. The topological polar surface area (TPSA) is 66.8 Å². The fourth-order valence-electron chi connectivity index (χ4n) is 1.86. The first-order valence-electron chi connectivity index (χ1n) is 5.99. The number of rotatable bonds is 4. The lowest BCUT2D eigenvalue weighted by Crippen LogP contribution is -2.01. The highest BCUT2D eigenvalue weighted by Crippen LogP contribution is 2.28. The van der Waals surface area contributed by atoms with Gasteiger partial charge < -0.3 is 14.9 Å². The van der Waals surface area contributed by atoms with E-state index in [4.69, 9.17) is 4.74 Å². The predicted octanol–water partition coefficient (Wildman–Crippen LogP) is 3.03. The Bertz CT molecular complexity index is 642. The highest BCUT2D eigenvalue weighted by atomic mass is 16.5. The molecule has 2 N–H and O–H groups in total. The molecule has 0 spiro atoms. The standard InChI is InChI=1S/C16H14O4/c1-20-15-5-3-2-4-13(15)14(16(18)19)10-11-6-8-12(17)9-7-11/h2-10,17H,1H3,(H,18,19)/b14-10-. The minimum atomic E-state index is -1.04. The smallest absolute Gasteiger partial charge is 0.336 e. The molecular weight excluding hydrogens is 256 g/mol. The summed E-state index contributed by atoms with van der Waals surface area (Å²) in [5, 5.41) is 18.6. The van der Waals surface area contributed by atoms with Crippen molar-refractivity contribution in [2.75, 3.05) is 7.11 Å². The second-order valence-corrected chi connectivity index (χ2v) is 4.15. The van der Waals surface area contributed by atoms with Gasteiger partial charge in [0.1, 0.15) is 11.5 Å².